The van der Waals surface area contributed by atoms with Crippen LogP contribution in [-0.2, 0) is 0 Å². The Kier molecular flexibility index (Phi) is 3.57. The second-order valence-electron chi connectivity index (χ2n) is 3.76. The highest BCUT2D eigenvalue weighted by molar-refractivity contribution is 6.30. The first-order chi connectivity index (χ1) is 8.99. The Labute approximate surface area is 113 Å². The third kappa shape index (κ3) is 2.77. The van der Waals surface area contributed by atoms with Gasteiger partial charge in [-0.1, -0.05) is 17.7 Å². The van der Waals surface area contributed by atoms with Crippen LogP contribution in [0.5, 0.6) is 11.5 Å². The molecule has 0 saturated heterocycles. The van der Waals surface area contributed by atoms with Crippen molar-refractivity contribution in [1.82, 2.24) is 0 Å². The summed E-state index contributed by atoms with van der Waals surface area (Å²) in [6.07, 6.45) is 0. The Bertz CT molecular complexity index is 647. The number of hydrogen-bond donors (Lipinski definition) is 2. The Balaban J connectivity index is 2.46. The fourth-order valence-corrected chi connectivity index (χ4v) is 1.71. The van der Waals surface area contributed by atoms with E-state index in [1.54, 1.807) is 12.1 Å². The zero-order chi connectivity index (χ0) is 14.0. The van der Waals surface area contributed by atoms with Crippen LogP contribution in [0.3, 0.4) is 0 Å². The summed E-state index contributed by atoms with van der Waals surface area (Å²) in [6, 6.07) is 8.54. The monoisotopic (exact) mass is 280 g/mol. The van der Waals surface area contributed by atoms with Crippen LogP contribution in [0.1, 0.15) is 10.4 Å². The van der Waals surface area contributed by atoms with Crippen molar-refractivity contribution in [3.05, 3.63) is 52.8 Å². The van der Waals surface area contributed by atoms with E-state index in [9.17, 15) is 9.18 Å². The van der Waals surface area contributed by atoms with Crippen molar-refractivity contribution in [2.24, 2.45) is 5.73 Å². The fourth-order valence-electron chi connectivity index (χ4n) is 1.54. The topological polar surface area (TPSA) is 78.3 Å². The molecule has 0 spiro atoms. The molecular weight excluding hydrogens is 271 g/mol. The quantitative estimate of drug-likeness (QED) is 0.849. The maximum atomic E-state index is 13.5. The van der Waals surface area contributed by atoms with Gasteiger partial charge in [0.05, 0.1) is 5.69 Å². The molecule has 4 N–H and O–H groups in total. The molecule has 0 aliphatic rings. The minimum absolute atomic E-state index is 0.0125. The van der Waals surface area contributed by atoms with E-state index in [1.165, 1.54) is 18.2 Å². The largest absolute Gasteiger partial charge is 0.454 e. The molecule has 0 bridgehead atoms. The van der Waals surface area contributed by atoms with E-state index in [0.717, 1.165) is 6.07 Å². The molecule has 6 heteroatoms. The Hall–Kier alpha value is -2.27. The molecule has 1 amide bonds. The van der Waals surface area contributed by atoms with Gasteiger partial charge in [-0.05, 0) is 24.3 Å². The molecule has 2 rings (SSSR count). The molecule has 98 valence electrons. The second kappa shape index (κ2) is 5.16. The zero-order valence-electron chi connectivity index (χ0n) is 9.69. The van der Waals surface area contributed by atoms with Gasteiger partial charge in [0.1, 0.15) is 17.1 Å². The number of carbonyl (C=O) groups excluding carboxylic acids is 1. The number of carbonyl (C=O) groups is 1. The first-order valence-corrected chi connectivity index (χ1v) is 5.68. The average molecular weight is 281 g/mol. The summed E-state index contributed by atoms with van der Waals surface area (Å²) in [5, 5.41) is 0.404. The van der Waals surface area contributed by atoms with Gasteiger partial charge in [-0.15, -0.1) is 0 Å². The van der Waals surface area contributed by atoms with E-state index in [0.29, 0.717) is 10.7 Å². The smallest absolute Gasteiger partial charge is 0.255 e. The van der Waals surface area contributed by atoms with E-state index in [2.05, 4.69) is 0 Å². The van der Waals surface area contributed by atoms with Gasteiger partial charge in [0.2, 0.25) is 0 Å². The van der Waals surface area contributed by atoms with Crippen molar-refractivity contribution in [2.75, 3.05) is 5.73 Å². The summed E-state index contributed by atoms with van der Waals surface area (Å²) in [5.74, 6) is -1.47. The summed E-state index contributed by atoms with van der Waals surface area (Å²) in [7, 11) is 0. The predicted molar refractivity (Wildman–Crippen MR) is 70.9 cm³/mol. The number of halogens is 2. The van der Waals surface area contributed by atoms with Gasteiger partial charge in [0.15, 0.2) is 5.75 Å². The summed E-state index contributed by atoms with van der Waals surface area (Å²) in [5.41, 5.74) is 10.8. The molecule has 0 fully saturated rings. The van der Waals surface area contributed by atoms with Gasteiger partial charge in [0.25, 0.3) is 5.91 Å². The fraction of sp³-hybridized carbons (Fsp3) is 0. The maximum absolute atomic E-state index is 13.5. The summed E-state index contributed by atoms with van der Waals surface area (Å²) < 4.78 is 19.0. The van der Waals surface area contributed by atoms with Crippen molar-refractivity contribution in [3.63, 3.8) is 0 Å². The van der Waals surface area contributed by atoms with Crippen LogP contribution in [-0.4, -0.2) is 5.91 Å². The molecule has 0 aliphatic heterocycles. The summed E-state index contributed by atoms with van der Waals surface area (Å²) in [6.45, 7) is 0. The number of amides is 1. The molecule has 0 unspecified atom stereocenters. The highest BCUT2D eigenvalue weighted by atomic mass is 35.5. The zero-order valence-corrected chi connectivity index (χ0v) is 10.4. The van der Waals surface area contributed by atoms with E-state index in [-0.39, 0.29) is 17.1 Å². The first kappa shape index (κ1) is 13.2. The minimum Gasteiger partial charge on any atom is -0.454 e. The van der Waals surface area contributed by atoms with E-state index < -0.39 is 11.7 Å². The van der Waals surface area contributed by atoms with E-state index in [4.69, 9.17) is 27.8 Å². The molecule has 0 heterocycles. The van der Waals surface area contributed by atoms with Crippen molar-refractivity contribution in [3.8, 4) is 11.5 Å². The lowest BCUT2D eigenvalue weighted by molar-refractivity contribution is 0.0994. The lowest BCUT2D eigenvalue weighted by atomic mass is 10.1. The van der Waals surface area contributed by atoms with Crippen LogP contribution < -0.4 is 16.2 Å². The third-order valence-corrected chi connectivity index (χ3v) is 2.65. The molecule has 19 heavy (non-hydrogen) atoms. The van der Waals surface area contributed by atoms with Gasteiger partial charge in [-0.2, -0.15) is 0 Å². The molecule has 0 atom stereocenters. The van der Waals surface area contributed by atoms with Crippen LogP contribution >= 0.6 is 11.6 Å². The molecule has 0 radical (unpaired) electrons. The number of ether oxygens (including phenoxy) is 1. The van der Waals surface area contributed by atoms with Crippen LogP contribution in [0, 0.1) is 5.82 Å². The predicted octanol–water partition coefficient (Wildman–Crippen LogP) is 2.95. The number of nitrogen functional groups attached to an aromatic ring is 1. The van der Waals surface area contributed by atoms with Gasteiger partial charge in [-0.25, -0.2) is 4.39 Å². The van der Waals surface area contributed by atoms with E-state index in [1.807, 2.05) is 0 Å². The Morgan fingerprint density at radius 3 is 2.63 bits per heavy atom. The maximum Gasteiger partial charge on any atom is 0.255 e. The number of rotatable bonds is 3. The molecule has 4 nitrogen and oxygen atoms in total. The van der Waals surface area contributed by atoms with Gasteiger partial charge in [0, 0.05) is 11.1 Å². The van der Waals surface area contributed by atoms with Crippen molar-refractivity contribution < 1.29 is 13.9 Å². The number of benzene rings is 2. The second-order valence-corrected chi connectivity index (χ2v) is 4.20. The number of primary amides is 1. The van der Waals surface area contributed by atoms with Gasteiger partial charge < -0.3 is 16.2 Å². The van der Waals surface area contributed by atoms with Gasteiger partial charge >= 0.3 is 0 Å². The van der Waals surface area contributed by atoms with Crippen molar-refractivity contribution in [2.45, 2.75) is 0 Å². The minimum atomic E-state index is -0.923. The van der Waals surface area contributed by atoms with Crippen LogP contribution in [0.4, 0.5) is 10.1 Å². The first-order valence-electron chi connectivity index (χ1n) is 5.30. The van der Waals surface area contributed by atoms with Crippen LogP contribution in [0.2, 0.25) is 5.02 Å². The van der Waals surface area contributed by atoms with Crippen LogP contribution in [0.15, 0.2) is 36.4 Å². The molecular formula is C13H10ClFN2O2. The third-order valence-electron chi connectivity index (χ3n) is 2.42. The van der Waals surface area contributed by atoms with Crippen molar-refractivity contribution >= 4 is 23.2 Å². The lowest BCUT2D eigenvalue weighted by Crippen LogP contribution is -2.14. The van der Waals surface area contributed by atoms with Crippen LogP contribution in [0.25, 0.3) is 0 Å². The number of anilines is 1. The summed E-state index contributed by atoms with van der Waals surface area (Å²) >= 11 is 5.82. The highest BCUT2D eigenvalue weighted by Gasteiger charge is 2.16. The summed E-state index contributed by atoms with van der Waals surface area (Å²) in [4.78, 5) is 11.2. The highest BCUT2D eigenvalue weighted by Crippen LogP contribution is 2.32. The molecule has 0 aliphatic carbocycles. The Morgan fingerprint density at radius 2 is 1.95 bits per heavy atom. The molecule has 0 saturated carbocycles. The standard InChI is InChI=1S/C13H10ClFN2O2/c14-7-4-5-9(16)11(6-7)19-10-3-1-2-8(15)12(10)13(17)18/h1-6H,16H2,(H2,17,18). The Morgan fingerprint density at radius 1 is 1.21 bits per heavy atom. The molecule has 2 aromatic carbocycles. The molecule has 0 aromatic heterocycles. The number of nitrogens with two attached hydrogens (primary N) is 2. The van der Waals surface area contributed by atoms with E-state index >= 15 is 0 Å². The average Bonchev–Trinajstić information content (AvgIpc) is 2.33. The number of hydrogen-bond acceptors (Lipinski definition) is 3. The SMILES string of the molecule is NC(=O)c1c(F)cccc1Oc1cc(Cl)ccc1N. The lowest BCUT2D eigenvalue weighted by Gasteiger charge is -2.11. The van der Waals surface area contributed by atoms with Crippen molar-refractivity contribution in [1.29, 1.82) is 0 Å². The normalized spacial score (nSPS) is 10.2. The van der Waals surface area contributed by atoms with Gasteiger partial charge in [-0.3, -0.25) is 4.79 Å². The molecule has 2 aromatic rings.